The Kier molecular flexibility index (Phi) is 6.70. The first-order chi connectivity index (χ1) is 16.4. The van der Waals surface area contributed by atoms with Crippen molar-refractivity contribution in [1.82, 2.24) is 9.78 Å². The maximum absolute atomic E-state index is 13.5. The molecule has 0 atom stereocenters. The van der Waals surface area contributed by atoms with Crippen LogP contribution in [0.1, 0.15) is 25.5 Å². The van der Waals surface area contributed by atoms with Crippen LogP contribution in [0.3, 0.4) is 0 Å². The van der Waals surface area contributed by atoms with Gasteiger partial charge in [0, 0.05) is 39.6 Å². The van der Waals surface area contributed by atoms with E-state index in [0.717, 1.165) is 20.5 Å². The van der Waals surface area contributed by atoms with E-state index in [2.05, 4.69) is 5.10 Å². The van der Waals surface area contributed by atoms with Gasteiger partial charge in [-0.25, -0.2) is 4.68 Å². The summed E-state index contributed by atoms with van der Waals surface area (Å²) in [6, 6.07) is 13.4. The van der Waals surface area contributed by atoms with Crippen molar-refractivity contribution in [3.63, 3.8) is 0 Å². The molecular weight excluding hydrogens is 452 g/mol. The molecule has 2 aromatic heterocycles. The fourth-order valence-electron chi connectivity index (χ4n) is 3.94. The topological polar surface area (TPSA) is 79.7 Å². The Morgan fingerprint density at radius 3 is 2.56 bits per heavy atom. The van der Waals surface area contributed by atoms with Gasteiger partial charge in [0.25, 0.3) is 5.56 Å². The maximum atomic E-state index is 13.5. The molecule has 0 N–H and O–H groups in total. The zero-order valence-electron chi connectivity index (χ0n) is 19.8. The lowest BCUT2D eigenvalue weighted by atomic mass is 9.98. The number of methoxy groups -OCH3 is 2. The van der Waals surface area contributed by atoms with Gasteiger partial charge in [-0.1, -0.05) is 19.1 Å². The van der Waals surface area contributed by atoms with Crippen molar-refractivity contribution in [3.05, 3.63) is 58.5 Å². The number of nitrogens with zero attached hydrogens (tertiary/aromatic N) is 2. The van der Waals surface area contributed by atoms with E-state index in [9.17, 15) is 9.59 Å². The van der Waals surface area contributed by atoms with Crippen molar-refractivity contribution >= 4 is 27.4 Å². The number of para-hydroxylation sites is 1. The van der Waals surface area contributed by atoms with E-state index in [1.54, 1.807) is 28.2 Å². The van der Waals surface area contributed by atoms with Gasteiger partial charge in [-0.3, -0.25) is 9.59 Å². The van der Waals surface area contributed by atoms with E-state index in [4.69, 9.17) is 14.2 Å². The molecule has 4 aromatic rings. The van der Waals surface area contributed by atoms with Crippen LogP contribution in [-0.4, -0.2) is 30.0 Å². The molecule has 0 amide bonds. The van der Waals surface area contributed by atoms with Crippen LogP contribution >= 0.6 is 11.3 Å². The van der Waals surface area contributed by atoms with Crippen LogP contribution in [0.5, 0.6) is 17.2 Å². The van der Waals surface area contributed by atoms with Gasteiger partial charge in [0.1, 0.15) is 17.2 Å². The summed E-state index contributed by atoms with van der Waals surface area (Å²) >= 11 is 1.52. The Hall–Kier alpha value is -3.65. The molecule has 4 rings (SSSR count). The summed E-state index contributed by atoms with van der Waals surface area (Å²) in [4.78, 5) is 26.9. The molecule has 0 saturated heterocycles. The monoisotopic (exact) mass is 478 g/mol. The molecule has 0 unspecified atom stereocenters. The molecule has 2 heterocycles. The average molecular weight is 479 g/mol. The van der Waals surface area contributed by atoms with Crippen LogP contribution in [-0.2, 0) is 11.8 Å². The lowest BCUT2D eigenvalue weighted by molar-refractivity contribution is -0.134. The highest BCUT2D eigenvalue weighted by Crippen LogP contribution is 2.49. The second kappa shape index (κ2) is 9.69. The second-order valence-electron chi connectivity index (χ2n) is 7.81. The molecule has 176 valence electrons. The predicted molar refractivity (Wildman–Crippen MR) is 134 cm³/mol. The number of hydrogen-bond acceptors (Lipinski definition) is 7. The van der Waals surface area contributed by atoms with Gasteiger partial charge in [-0.05, 0) is 43.7 Å². The molecular formula is C26H26N2O5S. The standard InChI is InChI=1S/C26H26N2O5S/c1-6-9-21(29)33-24-15(2)27-28(3)26(30)23(24)22-18-13-12-16(31-4)14-20(18)34-25(22)17-10-7-8-11-19(17)32-5/h7-8,10-14H,6,9H2,1-5H3. The summed E-state index contributed by atoms with van der Waals surface area (Å²) in [5, 5.41) is 5.14. The first kappa shape index (κ1) is 23.5. The predicted octanol–water partition coefficient (Wildman–Crippen LogP) is 5.36. The molecule has 8 heteroatoms. The summed E-state index contributed by atoms with van der Waals surface area (Å²) in [6.07, 6.45) is 0.883. The van der Waals surface area contributed by atoms with Crippen molar-refractivity contribution in [3.8, 4) is 38.8 Å². The highest BCUT2D eigenvalue weighted by atomic mass is 32.1. The number of rotatable bonds is 7. The van der Waals surface area contributed by atoms with E-state index in [1.807, 2.05) is 49.4 Å². The molecule has 0 aliphatic heterocycles. The lowest BCUT2D eigenvalue weighted by Gasteiger charge is -2.15. The molecule has 0 aliphatic rings. The van der Waals surface area contributed by atoms with Gasteiger partial charge in [0.05, 0.1) is 19.8 Å². The fourth-order valence-corrected chi connectivity index (χ4v) is 5.21. The molecule has 0 radical (unpaired) electrons. The third-order valence-corrected chi connectivity index (χ3v) is 6.72. The van der Waals surface area contributed by atoms with Crippen LogP contribution in [0, 0.1) is 6.92 Å². The largest absolute Gasteiger partial charge is 0.497 e. The van der Waals surface area contributed by atoms with Gasteiger partial charge in [-0.2, -0.15) is 5.10 Å². The van der Waals surface area contributed by atoms with E-state index in [-0.39, 0.29) is 17.7 Å². The fraction of sp³-hybridized carbons (Fsp3) is 0.269. The Morgan fingerprint density at radius 2 is 1.85 bits per heavy atom. The van der Waals surface area contributed by atoms with Crippen molar-refractivity contribution in [2.45, 2.75) is 26.7 Å². The van der Waals surface area contributed by atoms with Gasteiger partial charge in [0.15, 0.2) is 5.75 Å². The number of carbonyl (C=O) groups excluding carboxylic acids is 1. The number of esters is 1. The lowest BCUT2D eigenvalue weighted by Crippen LogP contribution is -2.24. The van der Waals surface area contributed by atoms with E-state index >= 15 is 0 Å². The van der Waals surface area contributed by atoms with E-state index in [0.29, 0.717) is 34.7 Å². The number of carbonyl (C=O) groups is 1. The van der Waals surface area contributed by atoms with Crippen molar-refractivity contribution in [1.29, 1.82) is 0 Å². The zero-order valence-corrected chi connectivity index (χ0v) is 20.6. The van der Waals surface area contributed by atoms with E-state index < -0.39 is 5.97 Å². The number of ether oxygens (including phenoxy) is 3. The zero-order chi connectivity index (χ0) is 24.4. The van der Waals surface area contributed by atoms with Crippen molar-refractivity contribution in [2.24, 2.45) is 7.05 Å². The first-order valence-corrected chi connectivity index (χ1v) is 11.7. The van der Waals surface area contributed by atoms with Gasteiger partial charge in [-0.15, -0.1) is 11.3 Å². The number of thiophene rings is 1. The smallest absolute Gasteiger partial charge is 0.311 e. The van der Waals surface area contributed by atoms with Crippen LogP contribution < -0.4 is 19.8 Å². The highest BCUT2D eigenvalue weighted by molar-refractivity contribution is 7.23. The SMILES string of the molecule is CCCC(=O)Oc1c(C)nn(C)c(=O)c1-c1c(-c2ccccc2OC)sc2cc(OC)ccc12. The minimum absolute atomic E-state index is 0.188. The molecule has 2 aromatic carbocycles. The third kappa shape index (κ3) is 4.17. The number of hydrogen-bond donors (Lipinski definition) is 0. The van der Waals surface area contributed by atoms with Crippen LogP contribution in [0.15, 0.2) is 47.3 Å². The van der Waals surface area contributed by atoms with Crippen LogP contribution in [0.2, 0.25) is 0 Å². The van der Waals surface area contributed by atoms with Crippen molar-refractivity contribution < 1.29 is 19.0 Å². The van der Waals surface area contributed by atoms with Crippen LogP contribution in [0.4, 0.5) is 0 Å². The summed E-state index contributed by atoms with van der Waals surface area (Å²) in [6.45, 7) is 3.63. The highest BCUT2D eigenvalue weighted by Gasteiger charge is 2.27. The molecule has 0 spiro atoms. The molecule has 0 saturated carbocycles. The van der Waals surface area contributed by atoms with Crippen molar-refractivity contribution in [2.75, 3.05) is 14.2 Å². The molecule has 0 fully saturated rings. The summed E-state index contributed by atoms with van der Waals surface area (Å²) in [5.41, 5.74) is 1.92. The number of aryl methyl sites for hydroxylation is 2. The Bertz CT molecular complexity index is 1440. The minimum atomic E-state index is -0.401. The molecule has 0 bridgehead atoms. The Balaban J connectivity index is 2.12. The molecule has 7 nitrogen and oxygen atoms in total. The molecule has 34 heavy (non-hydrogen) atoms. The maximum Gasteiger partial charge on any atom is 0.311 e. The average Bonchev–Trinajstić information content (AvgIpc) is 3.20. The minimum Gasteiger partial charge on any atom is -0.497 e. The summed E-state index contributed by atoms with van der Waals surface area (Å²) in [5.74, 6) is 1.17. The normalized spacial score (nSPS) is 11.0. The van der Waals surface area contributed by atoms with Gasteiger partial charge in [0.2, 0.25) is 0 Å². The Morgan fingerprint density at radius 1 is 1.09 bits per heavy atom. The number of aromatic nitrogens is 2. The summed E-state index contributed by atoms with van der Waals surface area (Å²) in [7, 11) is 4.82. The summed E-state index contributed by atoms with van der Waals surface area (Å²) < 4.78 is 19.0. The molecule has 0 aliphatic carbocycles. The quantitative estimate of drug-likeness (QED) is 0.333. The van der Waals surface area contributed by atoms with Gasteiger partial charge >= 0.3 is 5.97 Å². The first-order valence-electron chi connectivity index (χ1n) is 10.9. The second-order valence-corrected chi connectivity index (χ2v) is 8.86. The van der Waals surface area contributed by atoms with Gasteiger partial charge < -0.3 is 14.2 Å². The number of benzene rings is 2. The number of fused-ring (bicyclic) bond motifs is 1. The van der Waals surface area contributed by atoms with E-state index in [1.165, 1.54) is 16.0 Å². The Labute approximate surface area is 201 Å². The third-order valence-electron chi connectivity index (χ3n) is 5.53. The van der Waals surface area contributed by atoms with Crippen LogP contribution in [0.25, 0.3) is 31.7 Å².